The van der Waals surface area contributed by atoms with Crippen LogP contribution in [-0.4, -0.2) is 28.4 Å². The molecule has 1 N–H and O–H groups in total. The highest BCUT2D eigenvalue weighted by molar-refractivity contribution is 6.08. The fourth-order valence-electron chi connectivity index (χ4n) is 2.56. The molecule has 1 heterocycles. The van der Waals surface area contributed by atoms with Crippen LogP contribution in [0, 0.1) is 5.41 Å². The van der Waals surface area contributed by atoms with Crippen LogP contribution in [0.4, 0.5) is 0 Å². The van der Waals surface area contributed by atoms with Crippen molar-refractivity contribution in [1.82, 2.24) is 4.90 Å². The largest absolute Gasteiger partial charge is 0.481 e. The first kappa shape index (κ1) is 15.3. The van der Waals surface area contributed by atoms with Crippen LogP contribution >= 0.6 is 0 Å². The van der Waals surface area contributed by atoms with E-state index in [1.165, 1.54) is 0 Å². The summed E-state index contributed by atoms with van der Waals surface area (Å²) in [7, 11) is 0. The van der Waals surface area contributed by atoms with E-state index in [2.05, 4.69) is 6.58 Å². The number of carbonyl (C=O) groups is 2. The van der Waals surface area contributed by atoms with Gasteiger partial charge in [0.2, 0.25) is 0 Å². The molecule has 0 spiro atoms. The van der Waals surface area contributed by atoms with Gasteiger partial charge in [-0.15, -0.1) is 0 Å². The Morgan fingerprint density at radius 1 is 1.24 bits per heavy atom. The molecule has 0 radical (unpaired) electrons. The van der Waals surface area contributed by atoms with Gasteiger partial charge in [-0.1, -0.05) is 38.6 Å². The first-order valence-corrected chi connectivity index (χ1v) is 7.14. The lowest BCUT2D eigenvalue weighted by Crippen LogP contribution is -2.28. The molecule has 0 saturated heterocycles. The number of carboxylic acids is 1. The van der Waals surface area contributed by atoms with Crippen LogP contribution in [0.3, 0.4) is 0 Å². The smallest absolute Gasteiger partial charge is 0.303 e. The second-order valence-corrected chi connectivity index (χ2v) is 6.26. The van der Waals surface area contributed by atoms with Crippen molar-refractivity contribution in [3.63, 3.8) is 0 Å². The molecular weight excluding hydrogens is 266 g/mol. The molecular formula is C17H21NO3. The first-order valence-electron chi connectivity index (χ1n) is 7.14. The Balaban J connectivity index is 2.01. The van der Waals surface area contributed by atoms with Crippen molar-refractivity contribution < 1.29 is 14.7 Å². The average Bonchev–Trinajstić information content (AvgIpc) is 2.68. The van der Waals surface area contributed by atoms with Crippen molar-refractivity contribution in [1.29, 1.82) is 0 Å². The highest BCUT2D eigenvalue weighted by Crippen LogP contribution is 2.34. The second kappa shape index (κ2) is 5.72. The van der Waals surface area contributed by atoms with E-state index < -0.39 is 5.97 Å². The number of rotatable bonds is 6. The predicted octanol–water partition coefficient (Wildman–Crippen LogP) is 3.39. The lowest BCUT2D eigenvalue weighted by atomic mass is 9.84. The van der Waals surface area contributed by atoms with Crippen LogP contribution in [0.2, 0.25) is 0 Å². The van der Waals surface area contributed by atoms with Crippen molar-refractivity contribution >= 4 is 17.6 Å². The van der Waals surface area contributed by atoms with Gasteiger partial charge in [-0.2, -0.15) is 0 Å². The molecule has 0 fully saturated rings. The summed E-state index contributed by atoms with van der Waals surface area (Å²) in [5, 5.41) is 8.78. The molecule has 0 aromatic heterocycles. The van der Waals surface area contributed by atoms with Gasteiger partial charge < -0.3 is 10.0 Å². The average molecular weight is 287 g/mol. The molecule has 4 heteroatoms. The summed E-state index contributed by atoms with van der Waals surface area (Å²) >= 11 is 0. The Labute approximate surface area is 125 Å². The molecule has 1 aromatic rings. The summed E-state index contributed by atoms with van der Waals surface area (Å²) in [5.74, 6) is -0.790. The van der Waals surface area contributed by atoms with Crippen LogP contribution in [0.5, 0.6) is 0 Å². The molecule has 1 aromatic carbocycles. The summed E-state index contributed by atoms with van der Waals surface area (Å²) in [5.41, 5.74) is 2.22. The molecule has 0 bridgehead atoms. The highest BCUT2D eigenvalue weighted by atomic mass is 16.4. The molecule has 1 aliphatic heterocycles. The standard InChI is InChI=1S/C17H21NO3/c1-12-13-6-4-5-7-14(13)16(21)18(12)11-10-17(2,3)9-8-15(19)20/h4-7H,1,8-11H2,2-3H3,(H,19,20). The third-order valence-corrected chi connectivity index (χ3v) is 4.07. The molecule has 1 aliphatic rings. The molecule has 0 atom stereocenters. The Morgan fingerprint density at radius 2 is 1.86 bits per heavy atom. The van der Waals surface area contributed by atoms with Gasteiger partial charge in [-0.25, -0.2) is 0 Å². The minimum Gasteiger partial charge on any atom is -0.481 e. The van der Waals surface area contributed by atoms with Gasteiger partial charge in [0.25, 0.3) is 5.91 Å². The Bertz CT molecular complexity index is 554. The zero-order chi connectivity index (χ0) is 15.6. The van der Waals surface area contributed by atoms with Crippen LogP contribution in [0.1, 0.15) is 49.0 Å². The van der Waals surface area contributed by atoms with E-state index in [1.54, 1.807) is 4.90 Å². The number of hydrogen-bond acceptors (Lipinski definition) is 2. The number of benzene rings is 1. The quantitative estimate of drug-likeness (QED) is 0.872. The minimum absolute atomic E-state index is 0.00960. The number of carbonyl (C=O) groups excluding carboxylic acids is 1. The summed E-state index contributed by atoms with van der Waals surface area (Å²) in [6, 6.07) is 7.48. The maximum Gasteiger partial charge on any atom is 0.303 e. The number of carboxylic acid groups (broad SMARTS) is 1. The van der Waals surface area contributed by atoms with E-state index in [-0.39, 0.29) is 17.7 Å². The van der Waals surface area contributed by atoms with E-state index >= 15 is 0 Å². The van der Waals surface area contributed by atoms with E-state index in [0.29, 0.717) is 18.5 Å². The molecule has 112 valence electrons. The number of nitrogens with zero attached hydrogens (tertiary/aromatic N) is 1. The highest BCUT2D eigenvalue weighted by Gasteiger charge is 2.31. The lowest BCUT2D eigenvalue weighted by Gasteiger charge is -2.27. The van der Waals surface area contributed by atoms with E-state index in [4.69, 9.17) is 5.11 Å². The monoisotopic (exact) mass is 287 g/mol. The summed E-state index contributed by atoms with van der Waals surface area (Å²) in [6.45, 7) is 8.65. The third kappa shape index (κ3) is 3.32. The van der Waals surface area contributed by atoms with Crippen LogP contribution < -0.4 is 0 Å². The third-order valence-electron chi connectivity index (χ3n) is 4.07. The number of aliphatic carboxylic acids is 1. The second-order valence-electron chi connectivity index (χ2n) is 6.26. The van der Waals surface area contributed by atoms with Gasteiger partial charge in [0.15, 0.2) is 0 Å². The Morgan fingerprint density at radius 3 is 2.43 bits per heavy atom. The summed E-state index contributed by atoms with van der Waals surface area (Å²) < 4.78 is 0. The minimum atomic E-state index is -0.780. The van der Waals surface area contributed by atoms with Crippen molar-refractivity contribution in [2.75, 3.05) is 6.54 Å². The number of fused-ring (bicyclic) bond motifs is 1. The Hall–Kier alpha value is -2.10. The molecule has 0 saturated carbocycles. The van der Waals surface area contributed by atoms with Gasteiger partial charge in [-0.05, 0) is 24.3 Å². The van der Waals surface area contributed by atoms with E-state index in [9.17, 15) is 9.59 Å². The van der Waals surface area contributed by atoms with E-state index in [1.807, 2.05) is 38.1 Å². The van der Waals surface area contributed by atoms with Crippen molar-refractivity contribution in [3.05, 3.63) is 42.0 Å². The zero-order valence-electron chi connectivity index (χ0n) is 12.6. The fraction of sp³-hybridized carbons (Fsp3) is 0.412. The summed E-state index contributed by atoms with van der Waals surface area (Å²) in [4.78, 5) is 24.7. The molecule has 2 rings (SSSR count). The molecule has 4 nitrogen and oxygen atoms in total. The van der Waals surface area contributed by atoms with Gasteiger partial charge in [-0.3, -0.25) is 9.59 Å². The number of hydrogen-bond donors (Lipinski definition) is 1. The van der Waals surface area contributed by atoms with Crippen LogP contribution in [0.15, 0.2) is 30.8 Å². The maximum absolute atomic E-state index is 12.4. The molecule has 0 aliphatic carbocycles. The van der Waals surface area contributed by atoms with E-state index in [0.717, 1.165) is 17.7 Å². The normalized spacial score (nSPS) is 14.5. The first-order chi connectivity index (χ1) is 9.82. The molecule has 21 heavy (non-hydrogen) atoms. The van der Waals surface area contributed by atoms with Gasteiger partial charge in [0, 0.05) is 29.8 Å². The predicted molar refractivity (Wildman–Crippen MR) is 81.8 cm³/mol. The topological polar surface area (TPSA) is 57.6 Å². The van der Waals surface area contributed by atoms with Crippen LogP contribution in [0.25, 0.3) is 5.70 Å². The number of amides is 1. The summed E-state index contributed by atoms with van der Waals surface area (Å²) in [6.07, 6.45) is 1.50. The molecule has 1 amide bonds. The van der Waals surface area contributed by atoms with Crippen molar-refractivity contribution in [3.8, 4) is 0 Å². The van der Waals surface area contributed by atoms with Crippen molar-refractivity contribution in [2.24, 2.45) is 5.41 Å². The lowest BCUT2D eigenvalue weighted by molar-refractivity contribution is -0.137. The van der Waals surface area contributed by atoms with Gasteiger partial charge >= 0.3 is 5.97 Å². The molecule has 0 unspecified atom stereocenters. The maximum atomic E-state index is 12.4. The zero-order valence-corrected chi connectivity index (χ0v) is 12.6. The van der Waals surface area contributed by atoms with Gasteiger partial charge in [0.05, 0.1) is 0 Å². The van der Waals surface area contributed by atoms with Crippen molar-refractivity contribution in [2.45, 2.75) is 33.1 Å². The van der Waals surface area contributed by atoms with Gasteiger partial charge in [0.1, 0.15) is 0 Å². The van der Waals surface area contributed by atoms with Crippen LogP contribution in [-0.2, 0) is 4.79 Å². The Kier molecular flexibility index (Phi) is 4.16. The SMILES string of the molecule is C=C1c2ccccc2C(=O)N1CCC(C)(C)CCC(=O)O. The fourth-order valence-corrected chi connectivity index (χ4v) is 2.56.